The monoisotopic (exact) mass is 260 g/mol. The van der Waals surface area contributed by atoms with Crippen LogP contribution in [0.25, 0.3) is 0 Å². The number of hydrogen-bond acceptors (Lipinski definition) is 5. The number of ether oxygens (including phenoxy) is 1. The molecule has 6 nitrogen and oxygen atoms in total. The van der Waals surface area contributed by atoms with E-state index in [0.717, 1.165) is 0 Å². The number of aryl methyl sites for hydroxylation is 1. The van der Waals surface area contributed by atoms with Gasteiger partial charge in [-0.15, -0.1) is 0 Å². The van der Waals surface area contributed by atoms with Crippen LogP contribution >= 0.6 is 0 Å². The van der Waals surface area contributed by atoms with Gasteiger partial charge in [-0.05, 0) is 19.9 Å². The molecule has 0 atom stereocenters. The maximum atomic E-state index is 12.7. The fraction of sp³-hybridized carbons (Fsp3) is 0.400. The van der Waals surface area contributed by atoms with Crippen molar-refractivity contribution in [1.29, 1.82) is 0 Å². The lowest BCUT2D eigenvalue weighted by Gasteiger charge is -2.07. The molecule has 0 unspecified atom stereocenters. The first-order valence-corrected chi connectivity index (χ1v) is 4.99. The van der Waals surface area contributed by atoms with Gasteiger partial charge in [0.1, 0.15) is 11.4 Å². The van der Waals surface area contributed by atoms with Crippen molar-refractivity contribution < 1.29 is 23.2 Å². The number of carbonyl (C=O) groups excluding carboxylic acids is 1. The molecular formula is C10H10F2N2O4. The van der Waals surface area contributed by atoms with Gasteiger partial charge in [0, 0.05) is 0 Å². The van der Waals surface area contributed by atoms with Crippen molar-refractivity contribution in [2.45, 2.75) is 20.3 Å². The van der Waals surface area contributed by atoms with E-state index in [2.05, 4.69) is 9.72 Å². The van der Waals surface area contributed by atoms with Gasteiger partial charge in [0.2, 0.25) is 0 Å². The Labute approximate surface area is 101 Å². The maximum Gasteiger partial charge on any atom is 0.356 e. The molecule has 0 amide bonds. The second-order valence-electron chi connectivity index (χ2n) is 3.31. The van der Waals surface area contributed by atoms with Crippen LogP contribution in [0.2, 0.25) is 0 Å². The third-order valence-electron chi connectivity index (χ3n) is 2.10. The van der Waals surface area contributed by atoms with Crippen LogP contribution in [0, 0.1) is 17.0 Å². The summed E-state index contributed by atoms with van der Waals surface area (Å²) in [5.41, 5.74) is -2.23. The van der Waals surface area contributed by atoms with E-state index in [1.54, 1.807) is 6.92 Å². The van der Waals surface area contributed by atoms with Gasteiger partial charge in [-0.1, -0.05) is 0 Å². The summed E-state index contributed by atoms with van der Waals surface area (Å²) in [5.74, 6) is -0.891. The summed E-state index contributed by atoms with van der Waals surface area (Å²) >= 11 is 0. The molecule has 1 aromatic heterocycles. The van der Waals surface area contributed by atoms with Gasteiger partial charge in [0.05, 0.1) is 17.1 Å². The summed E-state index contributed by atoms with van der Waals surface area (Å²) in [6.07, 6.45) is -3.07. The number of halogens is 2. The first kappa shape index (κ1) is 13.9. The van der Waals surface area contributed by atoms with Gasteiger partial charge in [0.15, 0.2) is 0 Å². The fourth-order valence-corrected chi connectivity index (χ4v) is 1.40. The average Bonchev–Trinajstić information content (AvgIpc) is 2.27. The smallest absolute Gasteiger partial charge is 0.356 e. The molecule has 18 heavy (non-hydrogen) atoms. The highest BCUT2D eigenvalue weighted by atomic mass is 19.3. The Kier molecular flexibility index (Phi) is 4.24. The summed E-state index contributed by atoms with van der Waals surface area (Å²) in [4.78, 5) is 24.7. The Balaban J connectivity index is 3.36. The standard InChI is InChI=1S/C10H10F2N2O4/c1-3-18-10(15)7-4-6(9(11)12)8(14(16)17)5(2)13-7/h4,9H,3H2,1-2H3. The van der Waals surface area contributed by atoms with E-state index in [4.69, 9.17) is 0 Å². The molecule has 0 N–H and O–H groups in total. The molecule has 0 radical (unpaired) electrons. The second-order valence-corrected chi connectivity index (χ2v) is 3.31. The summed E-state index contributed by atoms with van der Waals surface area (Å²) < 4.78 is 30.0. The Bertz CT molecular complexity index is 491. The third-order valence-corrected chi connectivity index (χ3v) is 2.10. The van der Waals surface area contributed by atoms with Crippen molar-refractivity contribution in [3.8, 4) is 0 Å². The van der Waals surface area contributed by atoms with Crippen LogP contribution in [0.15, 0.2) is 6.07 Å². The van der Waals surface area contributed by atoms with Crippen LogP contribution in [0.5, 0.6) is 0 Å². The minimum absolute atomic E-state index is 0.0561. The normalized spacial score (nSPS) is 10.5. The predicted molar refractivity (Wildman–Crippen MR) is 56.5 cm³/mol. The van der Waals surface area contributed by atoms with Crippen LogP contribution in [-0.4, -0.2) is 22.5 Å². The van der Waals surface area contributed by atoms with Crippen molar-refractivity contribution in [2.24, 2.45) is 0 Å². The molecule has 0 spiro atoms. The highest BCUT2D eigenvalue weighted by molar-refractivity contribution is 5.88. The van der Waals surface area contributed by atoms with Crippen molar-refractivity contribution in [2.75, 3.05) is 6.61 Å². The molecule has 0 aliphatic carbocycles. The first-order chi connectivity index (χ1) is 8.38. The number of carbonyl (C=O) groups is 1. The van der Waals surface area contributed by atoms with Gasteiger partial charge in [-0.3, -0.25) is 10.1 Å². The fourth-order valence-electron chi connectivity index (χ4n) is 1.40. The van der Waals surface area contributed by atoms with E-state index in [0.29, 0.717) is 6.07 Å². The van der Waals surface area contributed by atoms with Gasteiger partial charge in [0.25, 0.3) is 12.1 Å². The van der Waals surface area contributed by atoms with Gasteiger partial charge in [-0.2, -0.15) is 0 Å². The van der Waals surface area contributed by atoms with E-state index < -0.39 is 28.6 Å². The molecule has 0 bridgehead atoms. The molecule has 8 heteroatoms. The quantitative estimate of drug-likeness (QED) is 0.471. The zero-order valence-corrected chi connectivity index (χ0v) is 9.65. The second kappa shape index (κ2) is 5.48. The van der Waals surface area contributed by atoms with Crippen LogP contribution in [0.1, 0.15) is 35.1 Å². The molecule has 0 aliphatic heterocycles. The van der Waals surface area contributed by atoms with Crippen molar-refractivity contribution in [3.63, 3.8) is 0 Å². The highest BCUT2D eigenvalue weighted by Gasteiger charge is 2.28. The van der Waals surface area contributed by atoms with Crippen molar-refractivity contribution >= 4 is 11.7 Å². The summed E-state index contributed by atoms with van der Waals surface area (Å²) in [6, 6.07) is 0.688. The molecule has 0 aliphatic rings. The van der Waals surface area contributed by atoms with E-state index in [9.17, 15) is 23.7 Å². The Hall–Kier alpha value is -2.12. The molecule has 1 aromatic rings. The lowest BCUT2D eigenvalue weighted by molar-refractivity contribution is -0.387. The minimum atomic E-state index is -3.07. The zero-order chi connectivity index (χ0) is 13.9. The predicted octanol–water partition coefficient (Wildman–Crippen LogP) is 2.41. The largest absolute Gasteiger partial charge is 0.461 e. The molecule has 0 saturated carbocycles. The van der Waals surface area contributed by atoms with Crippen LogP contribution < -0.4 is 0 Å². The average molecular weight is 260 g/mol. The van der Waals surface area contributed by atoms with Gasteiger partial charge < -0.3 is 4.74 Å². The van der Waals surface area contributed by atoms with E-state index in [1.165, 1.54) is 6.92 Å². The summed E-state index contributed by atoms with van der Waals surface area (Å²) in [5, 5.41) is 10.7. The highest BCUT2D eigenvalue weighted by Crippen LogP contribution is 2.31. The van der Waals surface area contributed by atoms with Crippen LogP contribution in [-0.2, 0) is 4.74 Å². The molecular weight excluding hydrogens is 250 g/mol. The summed E-state index contributed by atoms with van der Waals surface area (Å²) in [7, 11) is 0. The number of hydrogen-bond donors (Lipinski definition) is 0. The molecule has 98 valence electrons. The van der Waals surface area contributed by atoms with E-state index in [1.807, 2.05) is 0 Å². The lowest BCUT2D eigenvalue weighted by Crippen LogP contribution is -2.11. The number of pyridine rings is 1. The number of esters is 1. The Morgan fingerprint density at radius 1 is 1.61 bits per heavy atom. The topological polar surface area (TPSA) is 82.3 Å². The maximum absolute atomic E-state index is 12.7. The van der Waals surface area contributed by atoms with Gasteiger partial charge in [-0.25, -0.2) is 18.6 Å². The van der Waals surface area contributed by atoms with Crippen LogP contribution in [0.4, 0.5) is 14.5 Å². The zero-order valence-electron chi connectivity index (χ0n) is 9.65. The number of nitrogens with zero attached hydrogens (tertiary/aromatic N) is 2. The van der Waals surface area contributed by atoms with Crippen molar-refractivity contribution in [3.05, 3.63) is 33.1 Å². The SMILES string of the molecule is CCOC(=O)c1cc(C(F)F)c([N+](=O)[O-])c(C)n1. The van der Waals surface area contributed by atoms with E-state index in [-0.39, 0.29) is 18.0 Å². The Morgan fingerprint density at radius 2 is 2.22 bits per heavy atom. The Morgan fingerprint density at radius 3 is 2.67 bits per heavy atom. The number of rotatable bonds is 4. The molecule has 1 rings (SSSR count). The number of alkyl halides is 2. The van der Waals surface area contributed by atoms with Crippen molar-refractivity contribution in [1.82, 2.24) is 4.98 Å². The lowest BCUT2D eigenvalue weighted by atomic mass is 10.1. The third kappa shape index (κ3) is 2.76. The molecule has 0 aromatic carbocycles. The van der Waals surface area contributed by atoms with E-state index >= 15 is 0 Å². The number of aromatic nitrogens is 1. The minimum Gasteiger partial charge on any atom is -0.461 e. The molecule has 1 heterocycles. The molecule has 0 fully saturated rings. The van der Waals surface area contributed by atoms with Crippen LogP contribution in [0.3, 0.4) is 0 Å². The number of nitro groups is 1. The summed E-state index contributed by atoms with van der Waals surface area (Å²) in [6.45, 7) is 2.79. The first-order valence-electron chi connectivity index (χ1n) is 4.99. The van der Waals surface area contributed by atoms with Gasteiger partial charge >= 0.3 is 5.97 Å². The molecule has 0 saturated heterocycles.